The summed E-state index contributed by atoms with van der Waals surface area (Å²) >= 11 is 0. The second-order valence-corrected chi connectivity index (χ2v) is 8.60. The number of benzene rings is 2. The van der Waals surface area contributed by atoms with E-state index in [2.05, 4.69) is 20.8 Å². The maximum Gasteiger partial charge on any atom is 0.410 e. The second-order valence-electron chi connectivity index (χ2n) is 8.60. The third-order valence-corrected chi connectivity index (χ3v) is 5.97. The normalized spacial score (nSPS) is 17.5. The topological polar surface area (TPSA) is 76.8 Å². The van der Waals surface area contributed by atoms with Gasteiger partial charge >= 0.3 is 6.18 Å². The van der Waals surface area contributed by atoms with Crippen molar-refractivity contribution >= 4 is 17.5 Å². The predicted molar refractivity (Wildman–Crippen MR) is 125 cm³/mol. The van der Waals surface area contributed by atoms with Crippen LogP contribution in [-0.2, 0) is 6.54 Å². The largest absolute Gasteiger partial charge is 0.410 e. The maximum absolute atomic E-state index is 13.9. The molecule has 0 saturated carbocycles. The number of anilines is 2. The first-order chi connectivity index (χ1) is 16.8. The van der Waals surface area contributed by atoms with Gasteiger partial charge in [0.1, 0.15) is 5.82 Å². The predicted octanol–water partition coefficient (Wildman–Crippen LogP) is 5.35. The number of aromatic nitrogens is 4. The van der Waals surface area contributed by atoms with E-state index in [0.29, 0.717) is 6.54 Å². The summed E-state index contributed by atoms with van der Waals surface area (Å²) in [6.07, 6.45) is -3.02. The minimum atomic E-state index is -4.52. The number of nitrogens with one attached hydrogen (secondary N) is 2. The van der Waals surface area contributed by atoms with Crippen LogP contribution in [0, 0.1) is 6.92 Å². The van der Waals surface area contributed by atoms with Crippen molar-refractivity contribution in [3.63, 3.8) is 0 Å². The first-order valence-corrected chi connectivity index (χ1v) is 11.1. The van der Waals surface area contributed by atoms with Gasteiger partial charge in [0.25, 0.3) is 5.91 Å². The minimum Gasteiger partial charge on any atom is -0.363 e. The Balaban J connectivity index is 1.33. The molecule has 0 saturated heterocycles. The average Bonchev–Trinajstić information content (AvgIpc) is 3.46. The molecule has 3 heterocycles. The van der Waals surface area contributed by atoms with Crippen LogP contribution in [0.1, 0.15) is 45.7 Å². The van der Waals surface area contributed by atoms with Crippen LogP contribution in [0.5, 0.6) is 0 Å². The first-order valence-electron chi connectivity index (χ1n) is 11.1. The molecule has 5 rings (SSSR count). The number of carbonyl (C=O) groups excluding carboxylic acids is 1. The van der Waals surface area contributed by atoms with Gasteiger partial charge in [0, 0.05) is 24.8 Å². The molecular weight excluding hydrogens is 457 g/mol. The molecule has 2 aromatic heterocycles. The van der Waals surface area contributed by atoms with Crippen LogP contribution >= 0.6 is 0 Å². The van der Waals surface area contributed by atoms with Crippen molar-refractivity contribution in [3.05, 3.63) is 95.3 Å². The highest BCUT2D eigenvalue weighted by atomic mass is 19.4. The lowest BCUT2D eigenvalue weighted by Gasteiger charge is -2.33. The number of halogens is 3. The fourth-order valence-corrected chi connectivity index (χ4v) is 4.17. The van der Waals surface area contributed by atoms with Crippen molar-refractivity contribution in [2.24, 2.45) is 0 Å². The highest BCUT2D eigenvalue weighted by Crippen LogP contribution is 2.43. The first kappa shape index (κ1) is 22.7. The zero-order valence-corrected chi connectivity index (χ0v) is 18.8. The van der Waals surface area contributed by atoms with Crippen LogP contribution in [0.4, 0.5) is 24.8 Å². The van der Waals surface area contributed by atoms with Crippen molar-refractivity contribution < 1.29 is 18.0 Å². The van der Waals surface area contributed by atoms with Crippen molar-refractivity contribution in [1.29, 1.82) is 0 Å². The van der Waals surface area contributed by atoms with E-state index in [1.807, 2.05) is 37.3 Å². The molecule has 2 atom stereocenters. The second kappa shape index (κ2) is 8.94. The molecule has 0 fully saturated rings. The zero-order valence-electron chi connectivity index (χ0n) is 18.8. The molecule has 2 N–H and O–H groups in total. The van der Waals surface area contributed by atoms with Gasteiger partial charge in [0.15, 0.2) is 17.6 Å². The quantitative estimate of drug-likeness (QED) is 0.404. The van der Waals surface area contributed by atoms with Gasteiger partial charge in [0.2, 0.25) is 0 Å². The number of alkyl halides is 3. The summed E-state index contributed by atoms with van der Waals surface area (Å²) < 4.78 is 44.1. The standard InChI is InChI=1S/C25H23F3N6O/c1-16-7-9-17(10-8-16)15-33-12-11-22(32-33)30-24(35)20-14-23-29-19(18-5-3-2-4-6-18)13-21(25(26,27)28)34(23)31-20/h2-12,14,19,21,29H,13,15H2,1H3,(H,30,32,35)/t19-,21-/m0/s1. The van der Waals surface area contributed by atoms with Crippen molar-refractivity contribution in [3.8, 4) is 0 Å². The van der Waals surface area contributed by atoms with Gasteiger partial charge < -0.3 is 10.6 Å². The average molecular weight is 480 g/mol. The Morgan fingerprint density at radius 2 is 1.83 bits per heavy atom. The van der Waals surface area contributed by atoms with E-state index >= 15 is 0 Å². The monoisotopic (exact) mass is 480 g/mol. The maximum atomic E-state index is 13.9. The van der Waals surface area contributed by atoms with Crippen LogP contribution in [0.2, 0.25) is 0 Å². The van der Waals surface area contributed by atoms with Gasteiger partial charge in [-0.25, -0.2) is 4.68 Å². The number of hydrogen-bond acceptors (Lipinski definition) is 4. The summed E-state index contributed by atoms with van der Waals surface area (Å²) in [7, 11) is 0. The van der Waals surface area contributed by atoms with E-state index in [1.165, 1.54) is 6.07 Å². The Morgan fingerprint density at radius 3 is 2.54 bits per heavy atom. The van der Waals surface area contributed by atoms with Gasteiger partial charge in [-0.15, -0.1) is 0 Å². The molecule has 0 bridgehead atoms. The summed E-state index contributed by atoms with van der Waals surface area (Å²) in [6.45, 7) is 2.53. The van der Waals surface area contributed by atoms with Gasteiger partial charge in [-0.3, -0.25) is 9.48 Å². The minimum absolute atomic E-state index is 0.122. The number of fused-ring (bicyclic) bond motifs is 1. The smallest absolute Gasteiger partial charge is 0.363 e. The van der Waals surface area contributed by atoms with E-state index in [-0.39, 0.29) is 23.8 Å². The van der Waals surface area contributed by atoms with Gasteiger partial charge in [0.05, 0.1) is 12.6 Å². The number of rotatable bonds is 5. The molecule has 4 aromatic rings. The van der Waals surface area contributed by atoms with E-state index < -0.39 is 24.2 Å². The van der Waals surface area contributed by atoms with Gasteiger partial charge in [-0.05, 0) is 18.1 Å². The van der Waals surface area contributed by atoms with Crippen LogP contribution in [-0.4, -0.2) is 31.6 Å². The number of aryl methyl sites for hydroxylation is 1. The van der Waals surface area contributed by atoms with Gasteiger partial charge in [-0.1, -0.05) is 60.2 Å². The Hall–Kier alpha value is -4.08. The molecule has 0 spiro atoms. The molecule has 35 heavy (non-hydrogen) atoms. The van der Waals surface area contributed by atoms with Crippen molar-refractivity contribution in [2.45, 2.75) is 38.1 Å². The Kier molecular flexibility index (Phi) is 5.80. The lowest BCUT2D eigenvalue weighted by Crippen LogP contribution is -2.35. The number of carbonyl (C=O) groups is 1. The van der Waals surface area contributed by atoms with E-state index in [0.717, 1.165) is 21.4 Å². The van der Waals surface area contributed by atoms with Crippen molar-refractivity contribution in [2.75, 3.05) is 10.6 Å². The van der Waals surface area contributed by atoms with Crippen LogP contribution < -0.4 is 10.6 Å². The van der Waals surface area contributed by atoms with Crippen LogP contribution in [0.25, 0.3) is 0 Å². The molecule has 0 aliphatic carbocycles. The highest BCUT2D eigenvalue weighted by Gasteiger charge is 2.46. The zero-order chi connectivity index (χ0) is 24.6. The molecule has 7 nitrogen and oxygen atoms in total. The summed E-state index contributed by atoms with van der Waals surface area (Å²) in [5.74, 6) is -0.204. The summed E-state index contributed by atoms with van der Waals surface area (Å²) in [5, 5.41) is 14.0. The molecule has 1 aliphatic rings. The molecular formula is C25H23F3N6O. The van der Waals surface area contributed by atoms with E-state index in [4.69, 9.17) is 0 Å². The Labute approximate surface area is 199 Å². The van der Waals surface area contributed by atoms with E-state index in [1.54, 1.807) is 41.2 Å². The number of amides is 1. The van der Waals surface area contributed by atoms with Gasteiger partial charge in [-0.2, -0.15) is 23.4 Å². The van der Waals surface area contributed by atoms with Crippen molar-refractivity contribution in [1.82, 2.24) is 19.6 Å². The number of nitrogens with zero attached hydrogens (tertiary/aromatic N) is 4. The third kappa shape index (κ3) is 4.91. The molecule has 0 radical (unpaired) electrons. The fraction of sp³-hybridized carbons (Fsp3) is 0.240. The third-order valence-electron chi connectivity index (χ3n) is 5.97. The Morgan fingerprint density at radius 1 is 1.09 bits per heavy atom. The molecule has 0 unspecified atom stereocenters. The Bertz CT molecular complexity index is 1330. The van der Waals surface area contributed by atoms with Crippen LogP contribution in [0.3, 0.4) is 0 Å². The molecule has 1 aliphatic heterocycles. The summed E-state index contributed by atoms with van der Waals surface area (Å²) in [4.78, 5) is 12.8. The summed E-state index contributed by atoms with van der Waals surface area (Å²) in [6, 6.07) is 17.5. The molecule has 2 aromatic carbocycles. The lowest BCUT2D eigenvalue weighted by molar-refractivity contribution is -0.173. The SMILES string of the molecule is Cc1ccc(Cn2ccc(NC(=O)c3cc4n(n3)[C@H](C(F)(F)F)C[C@@H](c3ccccc3)N4)n2)cc1. The van der Waals surface area contributed by atoms with E-state index in [9.17, 15) is 18.0 Å². The number of hydrogen-bond donors (Lipinski definition) is 2. The molecule has 180 valence electrons. The summed E-state index contributed by atoms with van der Waals surface area (Å²) in [5.41, 5.74) is 2.82. The highest BCUT2D eigenvalue weighted by molar-refractivity contribution is 6.02. The lowest BCUT2D eigenvalue weighted by atomic mass is 9.97. The fourth-order valence-electron chi connectivity index (χ4n) is 4.17. The van der Waals surface area contributed by atoms with Crippen LogP contribution in [0.15, 0.2) is 72.9 Å². The molecule has 10 heteroatoms. The molecule has 1 amide bonds.